The molecule has 114 valence electrons. The van der Waals surface area contributed by atoms with E-state index in [1.165, 1.54) is 6.07 Å². The minimum Gasteiger partial charge on any atom is -0.507 e. The lowest BCUT2D eigenvalue weighted by Crippen LogP contribution is -2.59. The number of amides is 2. The van der Waals surface area contributed by atoms with Crippen molar-refractivity contribution >= 4 is 34.4 Å². The van der Waals surface area contributed by atoms with Crippen LogP contribution in [0.5, 0.6) is 5.75 Å². The highest BCUT2D eigenvalue weighted by molar-refractivity contribution is 14.1. The van der Waals surface area contributed by atoms with Gasteiger partial charge in [0.05, 0.1) is 3.57 Å². The quantitative estimate of drug-likeness (QED) is 0.644. The lowest BCUT2D eigenvalue weighted by atomic mass is 10.1. The fraction of sp³-hybridized carbons (Fsp3) is 0.429. The Morgan fingerprint density at radius 1 is 1.52 bits per heavy atom. The first kappa shape index (κ1) is 16.0. The molecule has 21 heavy (non-hydrogen) atoms. The van der Waals surface area contributed by atoms with Crippen molar-refractivity contribution in [2.45, 2.75) is 13.0 Å². The molecule has 1 aromatic rings. The molecular weight excluding hydrogens is 385 g/mol. The molecule has 1 heterocycles. The van der Waals surface area contributed by atoms with Gasteiger partial charge in [-0.15, -0.1) is 0 Å². The highest BCUT2D eigenvalue weighted by Crippen LogP contribution is 2.22. The molecule has 2 rings (SSSR count). The van der Waals surface area contributed by atoms with Gasteiger partial charge in [0, 0.05) is 31.7 Å². The third-order valence-corrected chi connectivity index (χ3v) is 4.26. The molecule has 0 saturated carbocycles. The third-order valence-electron chi connectivity index (χ3n) is 3.35. The number of benzene rings is 1. The van der Waals surface area contributed by atoms with Crippen LogP contribution < -0.4 is 10.6 Å². The summed E-state index contributed by atoms with van der Waals surface area (Å²) in [6.45, 7) is 3.93. The maximum Gasteiger partial charge on any atom is 0.254 e. The number of likely N-dealkylation sites (N-methyl/N-ethyl adjacent to an activating group) is 1. The van der Waals surface area contributed by atoms with Crippen LogP contribution in [0, 0.1) is 3.57 Å². The minimum absolute atomic E-state index is 0.0751. The summed E-state index contributed by atoms with van der Waals surface area (Å²) in [7, 11) is 0. The first-order chi connectivity index (χ1) is 10.0. The van der Waals surface area contributed by atoms with E-state index in [9.17, 15) is 14.7 Å². The van der Waals surface area contributed by atoms with E-state index in [-0.39, 0.29) is 17.6 Å². The largest absolute Gasteiger partial charge is 0.507 e. The predicted molar refractivity (Wildman–Crippen MR) is 87.2 cm³/mol. The zero-order valence-corrected chi connectivity index (χ0v) is 13.9. The second kappa shape index (κ2) is 7.08. The van der Waals surface area contributed by atoms with Crippen LogP contribution in [0.3, 0.4) is 0 Å². The smallest absolute Gasteiger partial charge is 0.254 e. The van der Waals surface area contributed by atoms with Crippen LogP contribution in [0.2, 0.25) is 0 Å². The average molecular weight is 403 g/mol. The molecule has 0 spiro atoms. The molecule has 1 aromatic carbocycles. The van der Waals surface area contributed by atoms with Gasteiger partial charge in [0.2, 0.25) is 5.91 Å². The van der Waals surface area contributed by atoms with Gasteiger partial charge in [0.15, 0.2) is 0 Å². The summed E-state index contributed by atoms with van der Waals surface area (Å²) in [5.41, 5.74) is 0.393. The van der Waals surface area contributed by atoms with Crippen LogP contribution in [-0.4, -0.2) is 54.0 Å². The van der Waals surface area contributed by atoms with E-state index in [0.29, 0.717) is 35.3 Å². The van der Waals surface area contributed by atoms with Gasteiger partial charge >= 0.3 is 0 Å². The molecule has 0 radical (unpaired) electrons. The summed E-state index contributed by atoms with van der Waals surface area (Å²) in [4.78, 5) is 26.2. The molecule has 0 aliphatic carbocycles. The molecule has 1 aliphatic rings. The van der Waals surface area contributed by atoms with Gasteiger partial charge in [0.25, 0.3) is 5.91 Å². The second-order valence-corrected chi connectivity index (χ2v) is 5.94. The van der Waals surface area contributed by atoms with Crippen LogP contribution in [0.1, 0.15) is 17.3 Å². The third kappa shape index (κ3) is 3.65. The molecular formula is C14H18IN3O3. The normalized spacial score (nSPS) is 18.4. The first-order valence-corrected chi connectivity index (χ1v) is 7.90. The average Bonchev–Trinajstić information content (AvgIpc) is 2.49. The Labute approximate surface area is 137 Å². The molecule has 6 nitrogen and oxygen atoms in total. The summed E-state index contributed by atoms with van der Waals surface area (Å²) in [5.74, 6) is -0.321. The molecule has 7 heteroatoms. The van der Waals surface area contributed by atoms with Gasteiger partial charge in [-0.2, -0.15) is 0 Å². The lowest BCUT2D eigenvalue weighted by Gasteiger charge is -2.35. The fourth-order valence-electron chi connectivity index (χ4n) is 2.29. The second-order valence-electron chi connectivity index (χ2n) is 4.78. The molecule has 1 unspecified atom stereocenters. The topological polar surface area (TPSA) is 81.7 Å². The molecule has 0 bridgehead atoms. The van der Waals surface area contributed by atoms with Crippen molar-refractivity contribution in [1.82, 2.24) is 15.5 Å². The summed E-state index contributed by atoms with van der Waals surface area (Å²) in [5, 5.41) is 15.6. The number of rotatable bonds is 3. The highest BCUT2D eigenvalue weighted by atomic mass is 127. The SMILES string of the molecule is CCNC(=O)C1CNCCN1C(=O)c1ccc(I)c(O)c1. The number of nitrogens with one attached hydrogen (secondary N) is 2. The standard InChI is InChI=1S/C14H18IN3O3/c1-2-17-13(20)11-8-16-5-6-18(11)14(21)9-3-4-10(15)12(19)7-9/h3-4,7,11,16,19H,2,5-6,8H2,1H3,(H,17,20). The van der Waals surface area contributed by atoms with Crippen LogP contribution in [0.25, 0.3) is 0 Å². The Balaban J connectivity index is 2.21. The number of piperazine rings is 1. The molecule has 2 amide bonds. The molecule has 1 aliphatic heterocycles. The number of phenols is 1. The predicted octanol–water partition coefficient (Wildman–Crippen LogP) is 0.547. The summed E-state index contributed by atoms with van der Waals surface area (Å²) in [6.07, 6.45) is 0. The zero-order valence-electron chi connectivity index (χ0n) is 11.7. The van der Waals surface area contributed by atoms with Gasteiger partial charge in [-0.25, -0.2) is 0 Å². The van der Waals surface area contributed by atoms with Gasteiger partial charge in [-0.1, -0.05) is 0 Å². The minimum atomic E-state index is -0.521. The highest BCUT2D eigenvalue weighted by Gasteiger charge is 2.32. The Morgan fingerprint density at radius 3 is 2.95 bits per heavy atom. The molecule has 0 aromatic heterocycles. The maximum absolute atomic E-state index is 12.6. The van der Waals surface area contributed by atoms with E-state index >= 15 is 0 Å². The fourth-order valence-corrected chi connectivity index (χ4v) is 2.62. The number of nitrogens with zero attached hydrogens (tertiary/aromatic N) is 1. The van der Waals surface area contributed by atoms with Crippen molar-refractivity contribution in [2.24, 2.45) is 0 Å². The van der Waals surface area contributed by atoms with E-state index in [0.717, 1.165) is 0 Å². The lowest BCUT2D eigenvalue weighted by molar-refractivity contribution is -0.126. The first-order valence-electron chi connectivity index (χ1n) is 6.82. The van der Waals surface area contributed by atoms with E-state index in [2.05, 4.69) is 10.6 Å². The van der Waals surface area contributed by atoms with Crippen molar-refractivity contribution in [1.29, 1.82) is 0 Å². The van der Waals surface area contributed by atoms with E-state index < -0.39 is 6.04 Å². The number of phenolic OH excluding ortho intramolecular Hbond substituents is 1. The van der Waals surface area contributed by atoms with Crippen molar-refractivity contribution < 1.29 is 14.7 Å². The van der Waals surface area contributed by atoms with Gasteiger partial charge in [-0.3, -0.25) is 9.59 Å². The van der Waals surface area contributed by atoms with E-state index in [1.807, 2.05) is 29.5 Å². The number of aromatic hydroxyl groups is 1. The maximum atomic E-state index is 12.6. The van der Waals surface area contributed by atoms with Crippen LogP contribution in [-0.2, 0) is 4.79 Å². The number of hydrogen-bond donors (Lipinski definition) is 3. The summed E-state index contributed by atoms with van der Waals surface area (Å²) < 4.78 is 0.685. The Hall–Kier alpha value is -1.35. The van der Waals surface area contributed by atoms with Crippen molar-refractivity contribution in [3.8, 4) is 5.75 Å². The van der Waals surface area contributed by atoms with Crippen LogP contribution in [0.15, 0.2) is 18.2 Å². The molecule has 3 N–H and O–H groups in total. The summed E-state index contributed by atoms with van der Waals surface area (Å²) >= 11 is 2.00. The number of halogens is 1. The Morgan fingerprint density at radius 2 is 2.29 bits per heavy atom. The van der Waals surface area contributed by atoms with E-state index in [4.69, 9.17) is 0 Å². The number of carbonyl (C=O) groups is 2. The Bertz CT molecular complexity index is 550. The van der Waals surface area contributed by atoms with Crippen molar-refractivity contribution in [2.75, 3.05) is 26.2 Å². The zero-order chi connectivity index (χ0) is 15.4. The molecule has 1 atom stereocenters. The molecule has 1 fully saturated rings. The van der Waals surface area contributed by atoms with Gasteiger partial charge in [0.1, 0.15) is 11.8 Å². The number of hydrogen-bond acceptors (Lipinski definition) is 4. The van der Waals surface area contributed by atoms with Crippen molar-refractivity contribution in [3.63, 3.8) is 0 Å². The van der Waals surface area contributed by atoms with Gasteiger partial charge < -0.3 is 20.6 Å². The van der Waals surface area contributed by atoms with Crippen LogP contribution in [0.4, 0.5) is 0 Å². The monoisotopic (exact) mass is 403 g/mol. The Kier molecular flexibility index (Phi) is 5.40. The van der Waals surface area contributed by atoms with Gasteiger partial charge in [-0.05, 0) is 47.7 Å². The number of carbonyl (C=O) groups excluding carboxylic acids is 2. The van der Waals surface area contributed by atoms with Crippen molar-refractivity contribution in [3.05, 3.63) is 27.3 Å². The summed E-state index contributed by atoms with van der Waals surface area (Å²) in [6, 6.07) is 4.28. The van der Waals surface area contributed by atoms with Crippen LogP contribution >= 0.6 is 22.6 Å². The van der Waals surface area contributed by atoms with E-state index in [1.54, 1.807) is 17.0 Å². The molecule has 1 saturated heterocycles.